The highest BCUT2D eigenvalue weighted by atomic mass is 16.2. The molecule has 1 aliphatic heterocycles. The van der Waals surface area contributed by atoms with Crippen LogP contribution in [0, 0.1) is 16.7 Å². The molecule has 0 radical (unpaired) electrons. The first-order chi connectivity index (χ1) is 16.6. The summed E-state index contributed by atoms with van der Waals surface area (Å²) in [5.74, 6) is 1.40. The molecule has 2 heterocycles. The number of hydrogen-bond acceptors (Lipinski definition) is 2. The predicted octanol–water partition coefficient (Wildman–Crippen LogP) is 7.23. The molecule has 2 fully saturated rings. The number of carbonyl (C=O) groups is 1. The Morgan fingerprint density at radius 2 is 1.69 bits per heavy atom. The lowest BCUT2D eigenvalue weighted by molar-refractivity contribution is -0.122. The molecule has 2 aliphatic rings. The largest absolute Gasteiger partial charge is 0.359 e. The highest BCUT2D eigenvalue weighted by molar-refractivity contribution is 6.62. The lowest BCUT2D eigenvalue weighted by Crippen LogP contribution is -2.47. The number of nitrogens with one attached hydrogen (secondary N) is 1. The van der Waals surface area contributed by atoms with Crippen molar-refractivity contribution in [1.29, 1.82) is 0 Å². The van der Waals surface area contributed by atoms with Gasteiger partial charge in [-0.25, -0.2) is 0 Å². The Labute approximate surface area is 213 Å². The van der Waals surface area contributed by atoms with E-state index in [1.54, 1.807) is 0 Å². The van der Waals surface area contributed by atoms with Gasteiger partial charge in [-0.15, -0.1) is 0 Å². The molecular weight excluding hydrogens is 429 g/mol. The standard InChI is InChI=1S/C30H46BN3O/c1-22(2)17-27(31-20-29(3,4)30(5,6)21-31)32-28(35)19-34-26(24-15-11-8-12-16-24)18-25(33-34)23-13-9-7-10-14-23/h7,9-10,13-14,18,22,24,27H,8,11-12,15-17,19-21H2,1-6H3,(H,32,35)/t27-/m0/s1. The zero-order valence-corrected chi connectivity index (χ0v) is 22.9. The first-order valence-electron chi connectivity index (χ1n) is 14.0. The highest BCUT2D eigenvalue weighted by Crippen LogP contribution is 2.53. The van der Waals surface area contributed by atoms with Crippen LogP contribution in [0.4, 0.5) is 0 Å². The van der Waals surface area contributed by atoms with Gasteiger partial charge in [0.2, 0.25) is 5.91 Å². The Morgan fingerprint density at radius 1 is 1.06 bits per heavy atom. The third-order valence-corrected chi connectivity index (χ3v) is 9.22. The van der Waals surface area contributed by atoms with E-state index in [2.05, 4.69) is 77.2 Å². The van der Waals surface area contributed by atoms with Gasteiger partial charge in [0, 0.05) is 23.1 Å². The molecule has 1 aromatic carbocycles. The van der Waals surface area contributed by atoms with E-state index in [9.17, 15) is 4.79 Å². The van der Waals surface area contributed by atoms with Crippen LogP contribution in [0.15, 0.2) is 36.4 Å². The van der Waals surface area contributed by atoms with Crippen LogP contribution in [0.5, 0.6) is 0 Å². The second-order valence-electron chi connectivity index (χ2n) is 13.1. The Morgan fingerprint density at radius 3 is 2.29 bits per heavy atom. The first-order valence-corrected chi connectivity index (χ1v) is 14.0. The van der Waals surface area contributed by atoms with Gasteiger partial charge < -0.3 is 5.32 Å². The number of benzene rings is 1. The van der Waals surface area contributed by atoms with Crippen LogP contribution < -0.4 is 5.32 Å². The fourth-order valence-electron chi connectivity index (χ4n) is 6.52. The van der Waals surface area contributed by atoms with Gasteiger partial charge in [0.25, 0.3) is 0 Å². The monoisotopic (exact) mass is 475 g/mol. The van der Waals surface area contributed by atoms with E-state index in [-0.39, 0.29) is 11.8 Å². The van der Waals surface area contributed by atoms with Gasteiger partial charge in [0.15, 0.2) is 6.71 Å². The van der Waals surface area contributed by atoms with E-state index < -0.39 is 0 Å². The Balaban J connectivity index is 1.54. The summed E-state index contributed by atoms with van der Waals surface area (Å²) < 4.78 is 2.02. The van der Waals surface area contributed by atoms with Gasteiger partial charge in [-0.3, -0.25) is 9.48 Å². The topological polar surface area (TPSA) is 46.9 Å². The molecule has 1 saturated heterocycles. The molecule has 0 unspecified atom stereocenters. The molecule has 0 bridgehead atoms. The second kappa shape index (κ2) is 10.5. The van der Waals surface area contributed by atoms with Crippen LogP contribution in [0.25, 0.3) is 11.3 Å². The van der Waals surface area contributed by atoms with Crippen molar-refractivity contribution >= 4 is 12.6 Å². The molecule has 1 aliphatic carbocycles. The van der Waals surface area contributed by atoms with Gasteiger partial charge in [0.05, 0.1) is 5.69 Å². The fraction of sp³-hybridized carbons (Fsp3) is 0.667. The van der Waals surface area contributed by atoms with Crippen molar-refractivity contribution in [2.45, 2.75) is 111 Å². The lowest BCUT2D eigenvalue weighted by atomic mass is 9.40. The first kappa shape index (κ1) is 26.0. The van der Waals surface area contributed by atoms with Gasteiger partial charge >= 0.3 is 0 Å². The van der Waals surface area contributed by atoms with Crippen LogP contribution >= 0.6 is 0 Å². The summed E-state index contributed by atoms with van der Waals surface area (Å²) in [6.45, 7) is 15.0. The van der Waals surface area contributed by atoms with E-state index in [0.717, 1.165) is 17.7 Å². The van der Waals surface area contributed by atoms with Gasteiger partial charge in [-0.1, -0.05) is 104 Å². The Bertz CT molecular complexity index is 972. The molecule has 0 spiro atoms. The summed E-state index contributed by atoms with van der Waals surface area (Å²) >= 11 is 0. The summed E-state index contributed by atoms with van der Waals surface area (Å²) in [7, 11) is 0. The summed E-state index contributed by atoms with van der Waals surface area (Å²) in [5.41, 5.74) is 3.92. The van der Waals surface area contributed by atoms with Crippen molar-refractivity contribution in [2.75, 3.05) is 0 Å². The van der Waals surface area contributed by atoms with Crippen molar-refractivity contribution in [3.8, 4) is 11.3 Å². The zero-order valence-electron chi connectivity index (χ0n) is 22.9. The van der Waals surface area contributed by atoms with Gasteiger partial charge in [0.1, 0.15) is 6.54 Å². The molecule has 1 N–H and O–H groups in total. The SMILES string of the molecule is CC(C)C[C@H](NC(=O)Cn1nc(-c2ccccc2)cc1C1CCCCC1)B1CC(C)(C)C(C)(C)C1. The molecule has 35 heavy (non-hydrogen) atoms. The molecule has 5 heteroatoms. The molecule has 1 aromatic heterocycles. The highest BCUT2D eigenvalue weighted by Gasteiger charge is 2.50. The molecule has 190 valence electrons. The average Bonchev–Trinajstić information content (AvgIpc) is 3.31. The maximum Gasteiger partial charge on any atom is 0.241 e. The predicted molar refractivity (Wildman–Crippen MR) is 148 cm³/mol. The van der Waals surface area contributed by atoms with Crippen LogP contribution in [-0.2, 0) is 11.3 Å². The maximum absolute atomic E-state index is 13.5. The van der Waals surface area contributed by atoms with E-state index in [0.29, 0.717) is 35.9 Å². The van der Waals surface area contributed by atoms with Gasteiger partial charge in [-0.05, 0) is 42.1 Å². The number of hydrogen-bond donors (Lipinski definition) is 1. The van der Waals surface area contributed by atoms with Crippen LogP contribution in [0.2, 0.25) is 12.6 Å². The smallest absolute Gasteiger partial charge is 0.241 e. The van der Waals surface area contributed by atoms with Crippen molar-refractivity contribution in [1.82, 2.24) is 15.1 Å². The number of nitrogens with zero attached hydrogens (tertiary/aromatic N) is 2. The summed E-state index contributed by atoms with van der Waals surface area (Å²) in [5, 5.41) is 8.46. The number of rotatable bonds is 8. The third-order valence-electron chi connectivity index (χ3n) is 9.22. The Hall–Kier alpha value is -2.04. The molecular formula is C30H46BN3O. The van der Waals surface area contributed by atoms with Crippen molar-refractivity contribution in [3.63, 3.8) is 0 Å². The van der Waals surface area contributed by atoms with E-state index >= 15 is 0 Å². The van der Waals surface area contributed by atoms with Crippen LogP contribution in [0.1, 0.15) is 91.7 Å². The third kappa shape index (κ3) is 6.03. The summed E-state index contributed by atoms with van der Waals surface area (Å²) in [6, 6.07) is 12.6. The molecule has 1 amide bonds. The zero-order chi connectivity index (χ0) is 25.2. The Kier molecular flexibility index (Phi) is 7.83. The van der Waals surface area contributed by atoms with Gasteiger partial charge in [-0.2, -0.15) is 5.10 Å². The minimum Gasteiger partial charge on any atom is -0.359 e. The minimum absolute atomic E-state index is 0.109. The van der Waals surface area contributed by atoms with Crippen LogP contribution in [0.3, 0.4) is 0 Å². The summed E-state index contributed by atoms with van der Waals surface area (Å²) in [4.78, 5) is 13.5. The van der Waals surface area contributed by atoms with Crippen molar-refractivity contribution in [2.24, 2.45) is 16.7 Å². The molecule has 4 nitrogen and oxygen atoms in total. The second-order valence-corrected chi connectivity index (χ2v) is 13.1. The fourth-order valence-corrected chi connectivity index (χ4v) is 6.52. The number of amides is 1. The molecule has 1 saturated carbocycles. The van der Waals surface area contributed by atoms with Crippen molar-refractivity contribution < 1.29 is 4.79 Å². The molecule has 2 aromatic rings. The summed E-state index contributed by atoms with van der Waals surface area (Å²) in [6.07, 6.45) is 9.64. The molecule has 4 rings (SSSR count). The van der Waals surface area contributed by atoms with E-state index in [4.69, 9.17) is 5.10 Å². The minimum atomic E-state index is 0.109. The molecule has 1 atom stereocenters. The van der Waals surface area contributed by atoms with Crippen molar-refractivity contribution in [3.05, 3.63) is 42.1 Å². The quantitative estimate of drug-likeness (QED) is 0.410. The number of carbonyl (C=O) groups excluding carboxylic acids is 1. The van der Waals surface area contributed by atoms with Crippen LogP contribution in [-0.4, -0.2) is 28.3 Å². The van der Waals surface area contributed by atoms with E-state index in [1.807, 2.05) is 10.7 Å². The van der Waals surface area contributed by atoms with E-state index in [1.165, 1.54) is 50.4 Å². The average molecular weight is 476 g/mol. The normalized spacial score (nSPS) is 20.8. The number of aromatic nitrogens is 2. The lowest BCUT2D eigenvalue weighted by Gasteiger charge is -2.35. The maximum atomic E-state index is 13.5.